The lowest BCUT2D eigenvalue weighted by Gasteiger charge is -2.40. The Kier molecular flexibility index (Phi) is 12.7. The van der Waals surface area contributed by atoms with E-state index >= 15 is 4.79 Å². The first-order chi connectivity index (χ1) is 28.6. The van der Waals surface area contributed by atoms with Crippen molar-refractivity contribution in [3.8, 4) is 0 Å². The largest absolute Gasteiger partial charge is 0.343 e. The molecule has 2 spiro atoms. The molecule has 61 heavy (non-hydrogen) atoms. The van der Waals surface area contributed by atoms with Gasteiger partial charge in [-0.15, -0.1) is 6.58 Å². The molecule has 0 aromatic heterocycles. The summed E-state index contributed by atoms with van der Waals surface area (Å²) in [7, 11) is -4.18. The predicted octanol–water partition coefficient (Wildman–Crippen LogP) is 4.45. The molecule has 15 heteroatoms. The van der Waals surface area contributed by atoms with Gasteiger partial charge in [-0.3, -0.25) is 28.9 Å². The monoisotopic (exact) mass is 870 g/mol. The Morgan fingerprint density at radius 1 is 0.836 bits per heavy atom. The maximum absolute atomic E-state index is 15.3. The summed E-state index contributed by atoms with van der Waals surface area (Å²) in [6, 6.07) is -2.94. The molecule has 342 valence electrons. The molecule has 0 unspecified atom stereocenters. The van der Waals surface area contributed by atoms with E-state index in [9.17, 15) is 27.6 Å². The summed E-state index contributed by atoms with van der Waals surface area (Å²) in [5.74, 6) is -2.32. The molecule has 0 aromatic carbocycles. The van der Waals surface area contributed by atoms with Gasteiger partial charge in [0.1, 0.15) is 23.7 Å². The summed E-state index contributed by atoms with van der Waals surface area (Å²) in [6.07, 6.45) is 15.4. The first-order valence-corrected chi connectivity index (χ1v) is 25.1. The van der Waals surface area contributed by atoms with Gasteiger partial charge in [0.15, 0.2) is 0 Å². The summed E-state index contributed by atoms with van der Waals surface area (Å²) in [5, 5.41) is 9.32. The molecule has 7 aliphatic rings. The molecule has 5 N–H and O–H groups in total. The molecular formula is C46H75N7O7S. The molecule has 2 aliphatic heterocycles. The fraction of sp³-hybridized carbons (Fsp3) is 0.848. The second-order valence-electron chi connectivity index (χ2n) is 21.9. The molecule has 7 fully saturated rings. The van der Waals surface area contributed by atoms with E-state index in [0.29, 0.717) is 25.3 Å². The highest BCUT2D eigenvalue weighted by Crippen LogP contribution is 2.88. The van der Waals surface area contributed by atoms with Gasteiger partial charge in [0, 0.05) is 30.5 Å². The molecule has 2 heterocycles. The van der Waals surface area contributed by atoms with Crippen molar-refractivity contribution in [2.75, 3.05) is 19.6 Å². The van der Waals surface area contributed by atoms with Crippen LogP contribution in [0.25, 0.3) is 0 Å². The Morgan fingerprint density at radius 3 is 2.07 bits per heavy atom. The highest BCUT2D eigenvalue weighted by atomic mass is 32.2. The van der Waals surface area contributed by atoms with Gasteiger partial charge in [-0.05, 0) is 106 Å². The summed E-state index contributed by atoms with van der Waals surface area (Å²) in [5.41, 5.74) is -2.82. The van der Waals surface area contributed by atoms with E-state index in [0.717, 1.165) is 90.0 Å². The summed E-state index contributed by atoms with van der Waals surface area (Å²) in [6.45, 7) is 19.6. The van der Waals surface area contributed by atoms with Crippen LogP contribution in [0.3, 0.4) is 0 Å². The van der Waals surface area contributed by atoms with Crippen molar-refractivity contribution in [3.63, 3.8) is 0 Å². The highest BCUT2D eigenvalue weighted by Gasteiger charge is 2.85. The predicted molar refractivity (Wildman–Crippen MR) is 234 cm³/mol. The van der Waals surface area contributed by atoms with Crippen LogP contribution in [0.2, 0.25) is 0 Å². The number of rotatable bonds is 16. The van der Waals surface area contributed by atoms with E-state index in [1.165, 1.54) is 0 Å². The van der Waals surface area contributed by atoms with Crippen LogP contribution in [0.15, 0.2) is 12.7 Å². The van der Waals surface area contributed by atoms with Crippen LogP contribution in [0.5, 0.6) is 0 Å². The van der Waals surface area contributed by atoms with E-state index in [4.69, 9.17) is 0 Å². The molecule has 0 radical (unpaired) electrons. The summed E-state index contributed by atoms with van der Waals surface area (Å²) >= 11 is 0. The van der Waals surface area contributed by atoms with E-state index in [-0.39, 0.29) is 64.9 Å². The zero-order valence-electron chi connectivity index (χ0n) is 38.0. The van der Waals surface area contributed by atoms with Gasteiger partial charge in [0.25, 0.3) is 5.91 Å². The van der Waals surface area contributed by atoms with Crippen LogP contribution in [0, 0.1) is 39.4 Å². The van der Waals surface area contributed by atoms with E-state index in [2.05, 4.69) is 64.6 Å². The third-order valence-corrected chi connectivity index (χ3v) is 17.9. The number of carbonyl (C=O) groups excluding carboxylic acids is 5. The van der Waals surface area contributed by atoms with Gasteiger partial charge in [0.05, 0.1) is 6.04 Å². The zero-order valence-corrected chi connectivity index (χ0v) is 38.8. The number of carbonyl (C=O) groups is 5. The zero-order chi connectivity index (χ0) is 44.3. The number of hydrogen-bond acceptors (Lipinski definition) is 8. The number of fused-ring (bicyclic) bond motifs is 1. The normalized spacial score (nSPS) is 31.8. The molecule has 5 saturated carbocycles. The van der Waals surface area contributed by atoms with E-state index in [1.54, 1.807) is 11.0 Å². The minimum atomic E-state index is -4.18. The van der Waals surface area contributed by atoms with Crippen molar-refractivity contribution in [2.24, 2.45) is 39.4 Å². The Bertz CT molecular complexity index is 1850. The van der Waals surface area contributed by atoms with Crippen molar-refractivity contribution < 1.29 is 32.4 Å². The Balaban J connectivity index is 1.13. The number of amides is 5. The molecule has 0 aromatic rings. The Hall–Kier alpha value is -3.04. The van der Waals surface area contributed by atoms with Crippen LogP contribution in [-0.2, 0) is 34.2 Å². The number of nitrogens with zero attached hydrogens (tertiary/aromatic N) is 2. The minimum absolute atomic E-state index is 0.0219. The molecule has 5 amide bonds. The number of piperidine rings is 1. The minimum Gasteiger partial charge on any atom is -0.343 e. The van der Waals surface area contributed by atoms with Crippen LogP contribution in [0.4, 0.5) is 0 Å². The Morgan fingerprint density at radius 2 is 1.51 bits per heavy atom. The molecule has 2 saturated heterocycles. The van der Waals surface area contributed by atoms with Crippen molar-refractivity contribution in [3.05, 3.63) is 12.7 Å². The molecule has 0 bridgehead atoms. The van der Waals surface area contributed by atoms with Gasteiger partial charge in [-0.25, -0.2) is 4.72 Å². The molecule has 5 aliphatic carbocycles. The smallest absolute Gasteiger partial charge is 0.301 e. The van der Waals surface area contributed by atoms with Gasteiger partial charge in [0.2, 0.25) is 23.6 Å². The molecular weight excluding hydrogens is 795 g/mol. The van der Waals surface area contributed by atoms with Gasteiger partial charge < -0.3 is 20.9 Å². The van der Waals surface area contributed by atoms with E-state index < -0.39 is 57.0 Å². The number of nitrogens with one attached hydrogen (secondary N) is 5. The van der Waals surface area contributed by atoms with Crippen LogP contribution in [-0.4, -0.2) is 103 Å². The molecule has 7 atom stereocenters. The number of hydrogen-bond donors (Lipinski definition) is 5. The standard InChI is InChI=1S/C46H75N7O7S/c1-9-32-26-46(32,41(58)51-61(59,60)47-24-21-30-19-20-30)50-38(55)34-27-45(43(7,8)44(45)22-15-23-44)28-53(34)40(57)36(42(4,5)6)49-39(56)35(31-16-11-10-12-17-31)48-37(54)33-18-13-14-25-52(33)29(2)3/h9,29-36,47H,1,10-28H2,2-8H3,(H,48,54)(H,49,56)(H,50,55)(H,51,58)/t32-,33+,34+,35+,36-,45-,46-/m1/s1. The lowest BCUT2D eigenvalue weighted by atomic mass is 9.73. The average molecular weight is 870 g/mol. The van der Waals surface area contributed by atoms with Crippen LogP contribution < -0.4 is 25.4 Å². The maximum Gasteiger partial charge on any atom is 0.301 e. The van der Waals surface area contributed by atoms with Crippen molar-refractivity contribution >= 4 is 39.7 Å². The fourth-order valence-electron chi connectivity index (χ4n) is 12.5. The highest BCUT2D eigenvalue weighted by molar-refractivity contribution is 7.88. The average Bonchev–Trinajstić information content (AvgIpc) is 4.13. The molecule has 14 nitrogen and oxygen atoms in total. The van der Waals surface area contributed by atoms with Gasteiger partial charge in [-0.2, -0.15) is 13.1 Å². The Labute approximate surface area is 364 Å². The number of likely N-dealkylation sites (tertiary alicyclic amines) is 2. The van der Waals surface area contributed by atoms with Crippen LogP contribution >= 0.6 is 0 Å². The quantitative estimate of drug-likeness (QED) is 0.141. The fourth-order valence-corrected chi connectivity index (χ4v) is 13.4. The van der Waals surface area contributed by atoms with Crippen molar-refractivity contribution in [2.45, 2.75) is 187 Å². The topological polar surface area (TPSA) is 186 Å². The van der Waals surface area contributed by atoms with E-state index in [1.807, 2.05) is 20.8 Å². The van der Waals surface area contributed by atoms with Gasteiger partial charge in [-0.1, -0.05) is 85.6 Å². The maximum atomic E-state index is 15.3. The molecule has 7 rings (SSSR count). The summed E-state index contributed by atoms with van der Waals surface area (Å²) < 4.78 is 30.6. The third kappa shape index (κ3) is 8.54. The second-order valence-corrected chi connectivity index (χ2v) is 23.4. The van der Waals surface area contributed by atoms with Crippen LogP contribution in [0.1, 0.15) is 151 Å². The lowest BCUT2D eigenvalue weighted by Crippen LogP contribution is -2.63. The van der Waals surface area contributed by atoms with Crippen molar-refractivity contribution in [1.82, 2.24) is 35.2 Å². The van der Waals surface area contributed by atoms with Gasteiger partial charge >= 0.3 is 10.2 Å². The third-order valence-electron chi connectivity index (χ3n) is 16.8. The summed E-state index contributed by atoms with van der Waals surface area (Å²) in [4.78, 5) is 76.6. The first kappa shape index (κ1) is 46.0. The lowest BCUT2D eigenvalue weighted by molar-refractivity contribution is -0.145. The SMILES string of the molecule is C=C[C@@H]1C[C@]1(NC(=O)[C@@H]1C[C@@]2(CN1C(=O)[C@@H](NC(=O)[C@@H](NC(=O)[C@@H]1CCCCN1C(C)C)C1CCCCC1)C(C)(C)C)C(C)(C)C21CCC1)C(=O)NS(=O)(=O)NCCC1CC1. The first-order valence-electron chi connectivity index (χ1n) is 23.6. The van der Waals surface area contributed by atoms with Crippen molar-refractivity contribution in [1.29, 1.82) is 0 Å². The second kappa shape index (κ2) is 16.8.